The van der Waals surface area contributed by atoms with E-state index < -0.39 is 0 Å². The van der Waals surface area contributed by atoms with E-state index in [0.717, 1.165) is 25.7 Å². The van der Waals surface area contributed by atoms with Crippen LogP contribution >= 0.6 is 11.6 Å². The number of halogens is 1. The van der Waals surface area contributed by atoms with E-state index in [2.05, 4.69) is 0 Å². The number of nitrogens with zero attached hydrogens (tertiary/aromatic N) is 3. The molecule has 180 valence electrons. The summed E-state index contributed by atoms with van der Waals surface area (Å²) in [7, 11) is 1.64. The standard InChI is InChI=1S/C27H32ClN3O3/c1-3-24(30(16-17-34-2)26(32)19-10-5-4-6-11-19)25-29-23-15-8-7-14-22(23)27(33)31(25)21-13-9-12-20(28)18-21/h7-9,12-15,18-19,24H,3-6,10-11,16-17H2,1-2H3. The van der Waals surface area contributed by atoms with Crippen molar-refractivity contribution in [3.8, 4) is 5.69 Å². The topological polar surface area (TPSA) is 64.4 Å². The van der Waals surface area contributed by atoms with Crippen LogP contribution in [0.15, 0.2) is 53.3 Å². The van der Waals surface area contributed by atoms with E-state index in [-0.39, 0.29) is 23.4 Å². The molecule has 7 heteroatoms. The number of carbonyl (C=O) groups excluding carboxylic acids is 1. The first-order chi connectivity index (χ1) is 16.5. The van der Waals surface area contributed by atoms with Gasteiger partial charge in [0.1, 0.15) is 5.82 Å². The third-order valence-corrected chi connectivity index (χ3v) is 6.94. The van der Waals surface area contributed by atoms with E-state index in [9.17, 15) is 9.59 Å². The first-order valence-corrected chi connectivity index (χ1v) is 12.5. The van der Waals surface area contributed by atoms with Crippen LogP contribution in [0.2, 0.25) is 5.02 Å². The third kappa shape index (κ3) is 5.03. The number of hydrogen-bond donors (Lipinski definition) is 0. The molecule has 4 rings (SSSR count). The highest BCUT2D eigenvalue weighted by Gasteiger charge is 2.33. The Balaban J connectivity index is 1.89. The van der Waals surface area contributed by atoms with Crippen molar-refractivity contribution in [2.45, 2.75) is 51.5 Å². The van der Waals surface area contributed by atoms with Crippen molar-refractivity contribution in [1.29, 1.82) is 0 Å². The summed E-state index contributed by atoms with van der Waals surface area (Å²) in [6.45, 7) is 2.90. The maximum absolute atomic E-state index is 13.8. The third-order valence-electron chi connectivity index (χ3n) is 6.70. The van der Waals surface area contributed by atoms with Crippen molar-refractivity contribution >= 4 is 28.4 Å². The first-order valence-electron chi connectivity index (χ1n) is 12.1. The Morgan fingerprint density at radius 2 is 1.94 bits per heavy atom. The number of fused-ring (bicyclic) bond motifs is 1. The number of hydrogen-bond acceptors (Lipinski definition) is 4. The number of benzene rings is 2. The Labute approximate surface area is 205 Å². The molecule has 1 amide bonds. The summed E-state index contributed by atoms with van der Waals surface area (Å²) in [6.07, 6.45) is 5.77. The molecule has 0 radical (unpaired) electrons. The number of carbonyl (C=O) groups is 1. The van der Waals surface area contributed by atoms with Crippen LogP contribution in [-0.4, -0.2) is 40.6 Å². The number of amides is 1. The van der Waals surface area contributed by atoms with Crippen molar-refractivity contribution < 1.29 is 9.53 Å². The lowest BCUT2D eigenvalue weighted by Crippen LogP contribution is -2.43. The molecule has 3 aromatic rings. The number of methoxy groups -OCH3 is 1. The van der Waals surface area contributed by atoms with Crippen LogP contribution in [0.1, 0.15) is 57.3 Å². The van der Waals surface area contributed by atoms with Gasteiger partial charge in [0, 0.05) is 24.6 Å². The predicted molar refractivity (Wildman–Crippen MR) is 136 cm³/mol. The monoisotopic (exact) mass is 481 g/mol. The molecule has 6 nitrogen and oxygen atoms in total. The van der Waals surface area contributed by atoms with Crippen LogP contribution in [0.3, 0.4) is 0 Å². The van der Waals surface area contributed by atoms with E-state index in [1.165, 1.54) is 6.42 Å². The minimum absolute atomic E-state index is 0.00598. The van der Waals surface area contributed by atoms with Gasteiger partial charge in [-0.15, -0.1) is 0 Å². The second kappa shape index (κ2) is 11.2. The minimum Gasteiger partial charge on any atom is -0.383 e. The Hall–Kier alpha value is -2.70. The van der Waals surface area contributed by atoms with Gasteiger partial charge in [-0.05, 0) is 49.6 Å². The van der Waals surface area contributed by atoms with Crippen LogP contribution in [0.5, 0.6) is 0 Å². The molecule has 1 unspecified atom stereocenters. The van der Waals surface area contributed by atoms with Crippen molar-refractivity contribution in [3.63, 3.8) is 0 Å². The molecular formula is C27H32ClN3O3. The molecule has 2 aromatic carbocycles. The summed E-state index contributed by atoms with van der Waals surface area (Å²) in [6, 6.07) is 14.2. The molecule has 0 saturated heterocycles. The normalized spacial score (nSPS) is 15.4. The molecule has 1 atom stereocenters. The zero-order valence-electron chi connectivity index (χ0n) is 19.9. The van der Waals surface area contributed by atoms with Gasteiger partial charge >= 0.3 is 0 Å². The maximum Gasteiger partial charge on any atom is 0.266 e. The Bertz CT molecular complexity index is 1200. The number of para-hydroxylation sites is 1. The molecule has 0 spiro atoms. The lowest BCUT2D eigenvalue weighted by Gasteiger charge is -2.35. The molecule has 0 aliphatic heterocycles. The van der Waals surface area contributed by atoms with Gasteiger partial charge in [0.05, 0.1) is 29.2 Å². The van der Waals surface area contributed by atoms with Crippen LogP contribution in [0.4, 0.5) is 0 Å². The number of rotatable bonds is 8. The zero-order chi connectivity index (χ0) is 24.1. The average molecular weight is 482 g/mol. The number of ether oxygens (including phenoxy) is 1. The highest BCUT2D eigenvalue weighted by Crippen LogP contribution is 2.31. The summed E-state index contributed by atoms with van der Waals surface area (Å²) in [4.78, 5) is 34.3. The minimum atomic E-state index is -0.374. The Kier molecular flexibility index (Phi) is 8.01. The smallest absolute Gasteiger partial charge is 0.266 e. The zero-order valence-corrected chi connectivity index (χ0v) is 20.6. The maximum atomic E-state index is 13.8. The highest BCUT2D eigenvalue weighted by molar-refractivity contribution is 6.30. The molecule has 1 fully saturated rings. The summed E-state index contributed by atoms with van der Waals surface area (Å²) >= 11 is 6.30. The van der Waals surface area contributed by atoms with E-state index in [1.807, 2.05) is 42.2 Å². The molecule has 34 heavy (non-hydrogen) atoms. The second-order valence-electron chi connectivity index (χ2n) is 8.89. The predicted octanol–water partition coefficient (Wildman–Crippen LogP) is 5.55. The van der Waals surface area contributed by atoms with Gasteiger partial charge in [0.2, 0.25) is 5.91 Å². The van der Waals surface area contributed by atoms with Gasteiger partial charge in [-0.1, -0.05) is 56.0 Å². The van der Waals surface area contributed by atoms with E-state index in [1.54, 1.807) is 29.9 Å². The molecule has 0 N–H and O–H groups in total. The van der Waals surface area contributed by atoms with Crippen molar-refractivity contribution in [2.24, 2.45) is 5.92 Å². The molecule has 1 saturated carbocycles. The lowest BCUT2D eigenvalue weighted by atomic mass is 9.87. The van der Waals surface area contributed by atoms with E-state index >= 15 is 0 Å². The second-order valence-corrected chi connectivity index (χ2v) is 9.33. The summed E-state index contributed by atoms with van der Waals surface area (Å²) in [5.74, 6) is 0.684. The van der Waals surface area contributed by atoms with Gasteiger partial charge in [0.25, 0.3) is 5.56 Å². The largest absolute Gasteiger partial charge is 0.383 e. The molecule has 1 heterocycles. The molecule has 1 aliphatic carbocycles. The molecule has 1 aliphatic rings. The van der Waals surface area contributed by atoms with Crippen molar-refractivity contribution in [2.75, 3.05) is 20.3 Å². The van der Waals surface area contributed by atoms with Gasteiger partial charge in [-0.2, -0.15) is 0 Å². The van der Waals surface area contributed by atoms with E-state index in [4.69, 9.17) is 21.3 Å². The highest BCUT2D eigenvalue weighted by atomic mass is 35.5. The average Bonchev–Trinajstić information content (AvgIpc) is 2.86. The van der Waals surface area contributed by atoms with Crippen molar-refractivity contribution in [3.05, 3.63) is 69.7 Å². The summed E-state index contributed by atoms with van der Waals surface area (Å²) in [5, 5.41) is 1.06. The summed E-state index contributed by atoms with van der Waals surface area (Å²) in [5.41, 5.74) is 1.09. The first kappa shape index (κ1) is 24.4. The van der Waals surface area contributed by atoms with Crippen molar-refractivity contribution in [1.82, 2.24) is 14.5 Å². The molecule has 1 aromatic heterocycles. The SMILES string of the molecule is CCC(c1nc2ccccc2c(=O)n1-c1cccc(Cl)c1)N(CCOC)C(=O)C1CCCCC1. The van der Waals surface area contributed by atoms with Crippen LogP contribution in [0, 0.1) is 5.92 Å². The molecule has 0 bridgehead atoms. The number of aromatic nitrogens is 2. The van der Waals surface area contributed by atoms with Gasteiger partial charge < -0.3 is 9.64 Å². The van der Waals surface area contributed by atoms with Gasteiger partial charge in [-0.3, -0.25) is 14.2 Å². The summed E-state index contributed by atoms with van der Waals surface area (Å²) < 4.78 is 6.99. The Morgan fingerprint density at radius 1 is 1.18 bits per heavy atom. The quantitative estimate of drug-likeness (QED) is 0.423. The van der Waals surface area contributed by atoms with Gasteiger partial charge in [0.15, 0.2) is 0 Å². The fourth-order valence-corrected chi connectivity index (χ4v) is 5.16. The lowest BCUT2D eigenvalue weighted by molar-refractivity contribution is -0.140. The van der Waals surface area contributed by atoms with Gasteiger partial charge in [-0.25, -0.2) is 4.98 Å². The van der Waals surface area contributed by atoms with Crippen LogP contribution in [-0.2, 0) is 9.53 Å². The fraction of sp³-hybridized carbons (Fsp3) is 0.444. The molecular weight excluding hydrogens is 450 g/mol. The van der Waals surface area contributed by atoms with Crippen LogP contribution in [0.25, 0.3) is 16.6 Å². The Morgan fingerprint density at radius 3 is 2.65 bits per heavy atom. The fourth-order valence-electron chi connectivity index (χ4n) is 4.97. The van der Waals surface area contributed by atoms with E-state index in [0.29, 0.717) is 47.0 Å². The van der Waals surface area contributed by atoms with Crippen LogP contribution < -0.4 is 5.56 Å².